The second kappa shape index (κ2) is 9.04. The van der Waals surface area contributed by atoms with Crippen molar-refractivity contribution in [2.45, 2.75) is 44.9 Å². The van der Waals surface area contributed by atoms with E-state index in [-0.39, 0.29) is 12.5 Å². The van der Waals surface area contributed by atoms with Crippen molar-refractivity contribution in [1.82, 2.24) is 4.90 Å². The SMILES string of the molecule is O=C(c1ccccc1NCCC1=CCCCC1)N1CCC(CO)CC1. The van der Waals surface area contributed by atoms with Gasteiger partial charge in [0.15, 0.2) is 0 Å². The summed E-state index contributed by atoms with van der Waals surface area (Å²) in [4.78, 5) is 14.8. The molecule has 0 saturated carbocycles. The molecule has 2 N–H and O–H groups in total. The fourth-order valence-corrected chi connectivity index (χ4v) is 3.80. The molecule has 0 bridgehead atoms. The van der Waals surface area contributed by atoms with Crippen LogP contribution in [0.3, 0.4) is 0 Å². The maximum atomic E-state index is 12.9. The predicted octanol–water partition coefficient (Wildman–Crippen LogP) is 3.83. The highest BCUT2D eigenvalue weighted by molar-refractivity contribution is 5.99. The average molecular weight is 342 g/mol. The molecule has 25 heavy (non-hydrogen) atoms. The Kier molecular flexibility index (Phi) is 6.51. The molecule has 1 aliphatic carbocycles. The van der Waals surface area contributed by atoms with Crippen LogP contribution in [0.15, 0.2) is 35.9 Å². The fourth-order valence-electron chi connectivity index (χ4n) is 3.80. The van der Waals surface area contributed by atoms with Crippen molar-refractivity contribution in [3.05, 3.63) is 41.5 Å². The van der Waals surface area contributed by atoms with Gasteiger partial charge in [0.1, 0.15) is 0 Å². The minimum absolute atomic E-state index is 0.108. The zero-order valence-corrected chi connectivity index (χ0v) is 15.0. The number of amides is 1. The zero-order chi connectivity index (χ0) is 17.5. The van der Waals surface area contributed by atoms with Crippen LogP contribution in [0.5, 0.6) is 0 Å². The highest BCUT2D eigenvalue weighted by Crippen LogP contribution is 2.23. The molecule has 1 amide bonds. The Balaban J connectivity index is 1.58. The number of nitrogens with one attached hydrogen (secondary N) is 1. The maximum Gasteiger partial charge on any atom is 0.255 e. The summed E-state index contributed by atoms with van der Waals surface area (Å²) in [5.41, 5.74) is 3.25. The molecular weight excluding hydrogens is 312 g/mol. The van der Waals surface area contributed by atoms with Gasteiger partial charge in [0.2, 0.25) is 0 Å². The van der Waals surface area contributed by atoms with Crippen LogP contribution in [-0.4, -0.2) is 42.2 Å². The Morgan fingerprint density at radius 1 is 1.20 bits per heavy atom. The second-order valence-electron chi connectivity index (χ2n) is 7.25. The predicted molar refractivity (Wildman–Crippen MR) is 102 cm³/mol. The van der Waals surface area contributed by atoms with Crippen molar-refractivity contribution in [2.24, 2.45) is 5.92 Å². The number of aliphatic hydroxyl groups is 1. The van der Waals surface area contributed by atoms with E-state index in [9.17, 15) is 9.90 Å². The molecule has 1 aliphatic heterocycles. The number of anilines is 1. The van der Waals surface area contributed by atoms with Gasteiger partial charge in [-0.25, -0.2) is 0 Å². The molecule has 1 aromatic rings. The number of likely N-dealkylation sites (tertiary alicyclic amines) is 1. The molecule has 0 unspecified atom stereocenters. The van der Waals surface area contributed by atoms with Gasteiger partial charge in [0.25, 0.3) is 5.91 Å². The van der Waals surface area contributed by atoms with Crippen LogP contribution in [0, 0.1) is 5.92 Å². The molecule has 2 aliphatic rings. The molecule has 4 heteroatoms. The summed E-state index contributed by atoms with van der Waals surface area (Å²) in [5.74, 6) is 0.456. The highest BCUT2D eigenvalue weighted by atomic mass is 16.3. The largest absolute Gasteiger partial charge is 0.396 e. The molecule has 3 rings (SSSR count). The highest BCUT2D eigenvalue weighted by Gasteiger charge is 2.24. The van der Waals surface area contributed by atoms with E-state index in [0.717, 1.165) is 50.1 Å². The number of aliphatic hydroxyl groups excluding tert-OH is 1. The van der Waals surface area contributed by atoms with Crippen LogP contribution in [0.25, 0.3) is 0 Å². The number of rotatable bonds is 6. The van der Waals surface area contributed by atoms with Gasteiger partial charge in [0.05, 0.1) is 5.56 Å². The third-order valence-electron chi connectivity index (χ3n) is 5.46. The van der Waals surface area contributed by atoms with Crippen molar-refractivity contribution in [3.63, 3.8) is 0 Å². The minimum atomic E-state index is 0.108. The lowest BCUT2D eigenvalue weighted by atomic mass is 9.97. The van der Waals surface area contributed by atoms with Gasteiger partial charge in [-0.3, -0.25) is 4.79 Å². The standard InChI is InChI=1S/C21H30N2O2/c24-16-18-11-14-23(15-12-18)21(25)19-8-4-5-9-20(19)22-13-10-17-6-2-1-3-7-17/h4-6,8-9,18,22,24H,1-3,7,10-16H2. The van der Waals surface area contributed by atoms with Gasteiger partial charge in [-0.2, -0.15) is 0 Å². The number of allylic oxidation sites excluding steroid dienone is 1. The Morgan fingerprint density at radius 2 is 2.00 bits per heavy atom. The van der Waals surface area contributed by atoms with Gasteiger partial charge in [-0.1, -0.05) is 23.8 Å². The Labute approximate surface area is 150 Å². The van der Waals surface area contributed by atoms with Crippen molar-refractivity contribution >= 4 is 11.6 Å². The average Bonchev–Trinajstić information content (AvgIpc) is 2.69. The van der Waals surface area contributed by atoms with Crippen LogP contribution < -0.4 is 5.32 Å². The van der Waals surface area contributed by atoms with E-state index in [1.165, 1.54) is 25.7 Å². The molecule has 1 aromatic carbocycles. The first-order chi connectivity index (χ1) is 12.3. The van der Waals surface area contributed by atoms with Crippen molar-refractivity contribution in [1.29, 1.82) is 0 Å². The molecular formula is C21H30N2O2. The minimum Gasteiger partial charge on any atom is -0.396 e. The van der Waals surface area contributed by atoms with Gasteiger partial charge in [0, 0.05) is 31.9 Å². The van der Waals surface area contributed by atoms with Crippen LogP contribution in [0.1, 0.15) is 55.3 Å². The number of carbonyl (C=O) groups is 1. The lowest BCUT2D eigenvalue weighted by Gasteiger charge is -2.31. The molecule has 1 fully saturated rings. The Hall–Kier alpha value is -1.81. The Bertz CT molecular complexity index is 604. The topological polar surface area (TPSA) is 52.6 Å². The first-order valence-corrected chi connectivity index (χ1v) is 9.69. The number of piperidine rings is 1. The zero-order valence-electron chi connectivity index (χ0n) is 15.0. The molecule has 4 nitrogen and oxygen atoms in total. The summed E-state index contributed by atoms with van der Waals surface area (Å²) in [7, 11) is 0. The molecule has 1 heterocycles. The van der Waals surface area contributed by atoms with E-state index < -0.39 is 0 Å². The van der Waals surface area contributed by atoms with Crippen LogP contribution in [0.4, 0.5) is 5.69 Å². The van der Waals surface area contributed by atoms with Gasteiger partial charge >= 0.3 is 0 Å². The molecule has 0 spiro atoms. The molecule has 136 valence electrons. The van der Waals surface area contributed by atoms with E-state index in [0.29, 0.717) is 5.92 Å². The van der Waals surface area contributed by atoms with E-state index in [4.69, 9.17) is 0 Å². The third-order valence-corrected chi connectivity index (χ3v) is 5.46. The first kappa shape index (κ1) is 18.0. The molecule has 0 aromatic heterocycles. The number of nitrogens with zero attached hydrogens (tertiary/aromatic N) is 1. The summed E-state index contributed by atoms with van der Waals surface area (Å²) >= 11 is 0. The number of para-hydroxylation sites is 1. The summed E-state index contributed by atoms with van der Waals surface area (Å²) < 4.78 is 0. The monoisotopic (exact) mass is 342 g/mol. The quantitative estimate of drug-likeness (QED) is 0.773. The van der Waals surface area contributed by atoms with E-state index >= 15 is 0 Å². The van der Waals surface area contributed by atoms with Gasteiger partial charge in [-0.15, -0.1) is 0 Å². The molecule has 0 atom stereocenters. The van der Waals surface area contributed by atoms with Crippen LogP contribution in [0.2, 0.25) is 0 Å². The summed E-state index contributed by atoms with van der Waals surface area (Å²) in [5, 5.41) is 12.7. The van der Waals surface area contributed by atoms with Crippen LogP contribution in [-0.2, 0) is 0 Å². The first-order valence-electron chi connectivity index (χ1n) is 9.69. The normalized spacial score (nSPS) is 18.8. The van der Waals surface area contributed by atoms with Crippen molar-refractivity contribution in [2.75, 3.05) is 31.6 Å². The van der Waals surface area contributed by atoms with Crippen molar-refractivity contribution in [3.8, 4) is 0 Å². The smallest absolute Gasteiger partial charge is 0.255 e. The second-order valence-corrected chi connectivity index (χ2v) is 7.25. The Morgan fingerprint density at radius 3 is 2.72 bits per heavy atom. The summed E-state index contributed by atoms with van der Waals surface area (Å²) in [6.45, 7) is 2.59. The summed E-state index contributed by atoms with van der Waals surface area (Å²) in [6, 6.07) is 7.84. The third kappa shape index (κ3) is 4.85. The fraction of sp³-hybridized carbons (Fsp3) is 0.571. The van der Waals surface area contributed by atoms with Gasteiger partial charge < -0.3 is 15.3 Å². The number of hydrogen-bond acceptors (Lipinski definition) is 3. The van der Waals surface area contributed by atoms with Crippen LogP contribution >= 0.6 is 0 Å². The maximum absolute atomic E-state index is 12.9. The summed E-state index contributed by atoms with van der Waals surface area (Å²) in [6.07, 6.45) is 10.3. The molecule has 0 radical (unpaired) electrons. The van der Waals surface area contributed by atoms with E-state index in [2.05, 4.69) is 11.4 Å². The number of carbonyl (C=O) groups excluding carboxylic acids is 1. The lowest BCUT2D eigenvalue weighted by Crippen LogP contribution is -2.39. The molecule has 1 saturated heterocycles. The van der Waals surface area contributed by atoms with Crippen molar-refractivity contribution < 1.29 is 9.90 Å². The number of hydrogen-bond donors (Lipinski definition) is 2. The van der Waals surface area contributed by atoms with E-state index in [1.54, 1.807) is 5.57 Å². The lowest BCUT2D eigenvalue weighted by molar-refractivity contribution is 0.0652. The number of benzene rings is 1. The van der Waals surface area contributed by atoms with E-state index in [1.807, 2.05) is 29.2 Å². The van der Waals surface area contributed by atoms with Gasteiger partial charge in [-0.05, 0) is 63.0 Å².